The fourth-order valence-corrected chi connectivity index (χ4v) is 3.31. The molecule has 1 aliphatic heterocycles. The Hall–Kier alpha value is -1.30. The Morgan fingerprint density at radius 1 is 1.04 bits per heavy atom. The molecule has 0 aliphatic carbocycles. The van der Waals surface area contributed by atoms with Crippen LogP contribution in [0.15, 0.2) is 42.5 Å². The summed E-state index contributed by atoms with van der Waals surface area (Å²) in [6.45, 7) is 6.80. The van der Waals surface area contributed by atoms with Gasteiger partial charge in [0.25, 0.3) is 0 Å². The van der Waals surface area contributed by atoms with Gasteiger partial charge in [0.05, 0.1) is 13.2 Å². The first-order valence-corrected chi connectivity index (χ1v) is 9.63. The van der Waals surface area contributed by atoms with Gasteiger partial charge in [-0.25, -0.2) is 0 Å². The molecule has 0 saturated carbocycles. The van der Waals surface area contributed by atoms with E-state index in [-0.39, 0.29) is 0 Å². The molecule has 1 fully saturated rings. The van der Waals surface area contributed by atoms with E-state index >= 15 is 0 Å². The van der Waals surface area contributed by atoms with Crippen molar-refractivity contribution in [2.24, 2.45) is 0 Å². The lowest BCUT2D eigenvalue weighted by Gasteiger charge is -2.26. The van der Waals surface area contributed by atoms with Crippen LogP contribution in [0.4, 0.5) is 0 Å². The Morgan fingerprint density at radius 3 is 2.65 bits per heavy atom. The van der Waals surface area contributed by atoms with Crippen LogP contribution < -0.4 is 10.1 Å². The average molecular weight is 395 g/mol. The SMILES string of the molecule is Clc1cccc(COc2ccc(Cl)cc2CNCCN2CCOCC2)c1. The van der Waals surface area contributed by atoms with Gasteiger partial charge >= 0.3 is 0 Å². The van der Waals surface area contributed by atoms with E-state index < -0.39 is 0 Å². The number of hydrogen-bond donors (Lipinski definition) is 1. The van der Waals surface area contributed by atoms with Crippen molar-refractivity contribution < 1.29 is 9.47 Å². The summed E-state index contributed by atoms with van der Waals surface area (Å²) in [5.74, 6) is 0.841. The average Bonchev–Trinajstić information content (AvgIpc) is 2.65. The van der Waals surface area contributed by atoms with Crippen LogP contribution in [0.1, 0.15) is 11.1 Å². The zero-order valence-electron chi connectivity index (χ0n) is 14.7. The lowest BCUT2D eigenvalue weighted by molar-refractivity contribution is 0.0384. The Morgan fingerprint density at radius 2 is 1.85 bits per heavy atom. The van der Waals surface area contributed by atoms with E-state index in [1.165, 1.54) is 0 Å². The molecule has 4 nitrogen and oxygen atoms in total. The second kappa shape index (κ2) is 10.1. The molecule has 0 spiro atoms. The van der Waals surface area contributed by atoms with E-state index in [2.05, 4.69) is 10.2 Å². The molecule has 2 aromatic rings. The molecule has 0 amide bonds. The van der Waals surface area contributed by atoms with Gasteiger partial charge in [-0.15, -0.1) is 0 Å². The number of nitrogens with one attached hydrogen (secondary N) is 1. The van der Waals surface area contributed by atoms with Crippen molar-refractivity contribution in [2.45, 2.75) is 13.2 Å². The van der Waals surface area contributed by atoms with Crippen LogP contribution in [0.2, 0.25) is 10.0 Å². The van der Waals surface area contributed by atoms with Crippen molar-refractivity contribution in [1.82, 2.24) is 10.2 Å². The highest BCUT2D eigenvalue weighted by atomic mass is 35.5. The van der Waals surface area contributed by atoms with Gasteiger partial charge in [0, 0.05) is 48.3 Å². The Balaban J connectivity index is 1.51. The summed E-state index contributed by atoms with van der Waals surface area (Å²) in [4.78, 5) is 2.41. The maximum Gasteiger partial charge on any atom is 0.124 e. The number of halogens is 2. The molecule has 1 saturated heterocycles. The minimum absolute atomic E-state index is 0.475. The van der Waals surface area contributed by atoms with Crippen LogP contribution in [0.3, 0.4) is 0 Å². The van der Waals surface area contributed by atoms with Crippen molar-refractivity contribution in [3.63, 3.8) is 0 Å². The summed E-state index contributed by atoms with van der Waals surface area (Å²) >= 11 is 12.2. The number of rotatable bonds is 8. The van der Waals surface area contributed by atoms with Crippen molar-refractivity contribution in [3.05, 3.63) is 63.6 Å². The van der Waals surface area contributed by atoms with Gasteiger partial charge in [0.1, 0.15) is 12.4 Å². The van der Waals surface area contributed by atoms with Crippen LogP contribution in [0.5, 0.6) is 5.75 Å². The summed E-state index contributed by atoms with van der Waals surface area (Å²) in [7, 11) is 0. The van der Waals surface area contributed by atoms with Crippen molar-refractivity contribution in [1.29, 1.82) is 0 Å². The molecule has 1 N–H and O–H groups in total. The highest BCUT2D eigenvalue weighted by Gasteiger charge is 2.10. The first-order chi connectivity index (χ1) is 12.7. The minimum atomic E-state index is 0.475. The van der Waals surface area contributed by atoms with Crippen LogP contribution in [0, 0.1) is 0 Å². The van der Waals surface area contributed by atoms with Gasteiger partial charge in [-0.3, -0.25) is 4.90 Å². The lowest BCUT2D eigenvalue weighted by atomic mass is 10.2. The predicted octanol–water partition coefficient (Wildman–Crippen LogP) is 3.99. The van der Waals surface area contributed by atoms with Crippen LogP contribution in [-0.4, -0.2) is 44.3 Å². The second-order valence-corrected chi connectivity index (χ2v) is 7.17. The molecule has 2 aromatic carbocycles. The molecular formula is C20H24Cl2N2O2. The van der Waals surface area contributed by atoms with Gasteiger partial charge in [0.15, 0.2) is 0 Å². The van der Waals surface area contributed by atoms with E-state index in [1.54, 1.807) is 0 Å². The number of nitrogens with zero attached hydrogens (tertiary/aromatic N) is 1. The summed E-state index contributed by atoms with van der Waals surface area (Å²) in [5, 5.41) is 4.91. The fourth-order valence-electron chi connectivity index (χ4n) is 2.90. The van der Waals surface area contributed by atoms with Gasteiger partial charge in [0.2, 0.25) is 0 Å². The molecule has 0 aromatic heterocycles. The van der Waals surface area contributed by atoms with E-state index in [1.807, 2.05) is 42.5 Å². The van der Waals surface area contributed by atoms with Crippen molar-refractivity contribution in [2.75, 3.05) is 39.4 Å². The monoisotopic (exact) mass is 394 g/mol. The third-order valence-electron chi connectivity index (χ3n) is 4.33. The van der Waals surface area contributed by atoms with Crippen LogP contribution >= 0.6 is 23.2 Å². The van der Waals surface area contributed by atoms with Crippen LogP contribution in [-0.2, 0) is 17.9 Å². The predicted molar refractivity (Wildman–Crippen MR) is 106 cm³/mol. The van der Waals surface area contributed by atoms with E-state index in [9.17, 15) is 0 Å². The third-order valence-corrected chi connectivity index (χ3v) is 4.80. The second-order valence-electron chi connectivity index (χ2n) is 6.30. The van der Waals surface area contributed by atoms with E-state index in [0.717, 1.165) is 62.8 Å². The molecule has 1 aliphatic rings. The van der Waals surface area contributed by atoms with Gasteiger partial charge in [-0.05, 0) is 35.9 Å². The number of ether oxygens (including phenoxy) is 2. The maximum atomic E-state index is 6.17. The van der Waals surface area contributed by atoms with Crippen LogP contribution in [0.25, 0.3) is 0 Å². The number of hydrogen-bond acceptors (Lipinski definition) is 4. The zero-order chi connectivity index (χ0) is 18.2. The number of morpholine rings is 1. The summed E-state index contributed by atoms with van der Waals surface area (Å²) in [6, 6.07) is 13.4. The number of benzene rings is 2. The molecule has 1 heterocycles. The molecule has 0 bridgehead atoms. The van der Waals surface area contributed by atoms with Crippen molar-refractivity contribution >= 4 is 23.2 Å². The minimum Gasteiger partial charge on any atom is -0.489 e. The van der Waals surface area contributed by atoms with E-state index in [4.69, 9.17) is 32.7 Å². The Bertz CT molecular complexity index is 706. The first-order valence-electron chi connectivity index (χ1n) is 8.87. The Labute approximate surface area is 165 Å². The fraction of sp³-hybridized carbons (Fsp3) is 0.400. The molecule has 26 heavy (non-hydrogen) atoms. The highest BCUT2D eigenvalue weighted by molar-refractivity contribution is 6.30. The maximum absolute atomic E-state index is 6.17. The molecular weight excluding hydrogens is 371 g/mol. The first kappa shape index (κ1) is 19.5. The van der Waals surface area contributed by atoms with Crippen molar-refractivity contribution in [3.8, 4) is 5.75 Å². The summed E-state index contributed by atoms with van der Waals surface area (Å²) in [6.07, 6.45) is 0. The normalized spacial score (nSPS) is 15.2. The largest absolute Gasteiger partial charge is 0.489 e. The van der Waals surface area contributed by atoms with Gasteiger partial charge in [-0.1, -0.05) is 35.3 Å². The smallest absolute Gasteiger partial charge is 0.124 e. The molecule has 0 unspecified atom stereocenters. The zero-order valence-corrected chi connectivity index (χ0v) is 16.2. The highest BCUT2D eigenvalue weighted by Crippen LogP contribution is 2.24. The molecule has 0 atom stereocenters. The Kier molecular flexibility index (Phi) is 7.59. The standard InChI is InChI=1S/C20H24Cl2N2O2/c21-18-3-1-2-16(12-18)15-26-20-5-4-19(22)13-17(20)14-23-6-7-24-8-10-25-11-9-24/h1-5,12-13,23H,6-11,14-15H2. The topological polar surface area (TPSA) is 33.7 Å². The quantitative estimate of drug-likeness (QED) is 0.686. The molecule has 140 valence electrons. The summed E-state index contributed by atoms with van der Waals surface area (Å²) in [5.41, 5.74) is 2.10. The summed E-state index contributed by atoms with van der Waals surface area (Å²) < 4.78 is 11.4. The molecule has 0 radical (unpaired) electrons. The van der Waals surface area contributed by atoms with Gasteiger partial charge < -0.3 is 14.8 Å². The molecule has 3 rings (SSSR count). The third kappa shape index (κ3) is 6.15. The van der Waals surface area contributed by atoms with E-state index in [0.29, 0.717) is 16.7 Å². The lowest BCUT2D eigenvalue weighted by Crippen LogP contribution is -2.40. The molecule has 6 heteroatoms. The van der Waals surface area contributed by atoms with Gasteiger partial charge in [-0.2, -0.15) is 0 Å².